The number of aromatic nitrogens is 1. The summed E-state index contributed by atoms with van der Waals surface area (Å²) < 4.78 is 0. The van der Waals surface area contributed by atoms with Gasteiger partial charge in [0.05, 0.1) is 0 Å². The third kappa shape index (κ3) is 6.17. The predicted molar refractivity (Wildman–Crippen MR) is 98.4 cm³/mol. The topological polar surface area (TPSA) is 52.6 Å². The molecule has 1 atom stereocenters. The van der Waals surface area contributed by atoms with Crippen LogP contribution >= 0.6 is 24.0 Å². The van der Waals surface area contributed by atoms with E-state index in [0.29, 0.717) is 6.04 Å². The highest BCUT2D eigenvalue weighted by molar-refractivity contribution is 14.0. The van der Waals surface area contributed by atoms with Crippen molar-refractivity contribution in [3.05, 3.63) is 30.1 Å². The molecular formula is C15H26IN5. The van der Waals surface area contributed by atoms with Crippen LogP contribution in [0.25, 0.3) is 0 Å². The fourth-order valence-electron chi connectivity index (χ4n) is 2.53. The number of nitrogens with zero attached hydrogens (tertiary/aromatic N) is 3. The summed E-state index contributed by atoms with van der Waals surface area (Å²) in [5.74, 6) is 0.876. The molecule has 0 spiro atoms. The molecule has 1 aliphatic rings. The molecular weight excluding hydrogens is 377 g/mol. The smallest absolute Gasteiger partial charge is 0.191 e. The van der Waals surface area contributed by atoms with Crippen molar-refractivity contribution in [2.75, 3.05) is 33.7 Å². The van der Waals surface area contributed by atoms with Gasteiger partial charge in [-0.2, -0.15) is 0 Å². The summed E-state index contributed by atoms with van der Waals surface area (Å²) in [5.41, 5.74) is 1.10. The van der Waals surface area contributed by atoms with Crippen LogP contribution in [0.5, 0.6) is 0 Å². The van der Waals surface area contributed by atoms with E-state index in [0.717, 1.165) is 31.2 Å². The molecule has 118 valence electrons. The van der Waals surface area contributed by atoms with E-state index in [1.165, 1.54) is 19.4 Å². The Morgan fingerprint density at radius 2 is 2.29 bits per heavy atom. The molecule has 1 aromatic rings. The van der Waals surface area contributed by atoms with Gasteiger partial charge in [0.15, 0.2) is 5.96 Å². The molecule has 0 radical (unpaired) electrons. The zero-order valence-corrected chi connectivity index (χ0v) is 15.2. The molecule has 2 heterocycles. The molecule has 0 saturated carbocycles. The Bertz CT molecular complexity index is 423. The van der Waals surface area contributed by atoms with Gasteiger partial charge in [0.2, 0.25) is 0 Å². The first kappa shape index (κ1) is 18.2. The van der Waals surface area contributed by atoms with Crippen LogP contribution in [0.15, 0.2) is 29.4 Å². The van der Waals surface area contributed by atoms with Crippen molar-refractivity contribution >= 4 is 29.9 Å². The van der Waals surface area contributed by atoms with E-state index in [4.69, 9.17) is 0 Å². The van der Waals surface area contributed by atoms with Crippen LogP contribution in [0.4, 0.5) is 0 Å². The van der Waals surface area contributed by atoms with Crippen molar-refractivity contribution < 1.29 is 0 Å². The fourth-order valence-corrected chi connectivity index (χ4v) is 2.53. The summed E-state index contributed by atoms with van der Waals surface area (Å²) in [5, 5.41) is 6.74. The maximum absolute atomic E-state index is 4.31. The number of halogens is 1. The van der Waals surface area contributed by atoms with Gasteiger partial charge in [0.25, 0.3) is 0 Å². The van der Waals surface area contributed by atoms with Crippen molar-refractivity contribution in [1.29, 1.82) is 0 Å². The van der Waals surface area contributed by atoms with Gasteiger partial charge in [0, 0.05) is 44.5 Å². The van der Waals surface area contributed by atoms with Crippen molar-refractivity contribution in [2.45, 2.75) is 25.3 Å². The molecule has 1 aromatic heterocycles. The van der Waals surface area contributed by atoms with Gasteiger partial charge in [-0.25, -0.2) is 0 Å². The molecule has 21 heavy (non-hydrogen) atoms. The number of aliphatic imine (C=N–C) groups is 1. The number of pyridine rings is 1. The van der Waals surface area contributed by atoms with E-state index in [1.54, 1.807) is 0 Å². The average Bonchev–Trinajstić information content (AvgIpc) is 2.89. The summed E-state index contributed by atoms with van der Waals surface area (Å²) in [6.45, 7) is 3.01. The second-order valence-electron chi connectivity index (χ2n) is 5.23. The number of hydrogen-bond acceptors (Lipinski definition) is 3. The van der Waals surface area contributed by atoms with Gasteiger partial charge < -0.3 is 15.5 Å². The monoisotopic (exact) mass is 403 g/mol. The van der Waals surface area contributed by atoms with Crippen LogP contribution in [0, 0.1) is 0 Å². The van der Waals surface area contributed by atoms with E-state index in [1.807, 2.05) is 31.4 Å². The van der Waals surface area contributed by atoms with Crippen LogP contribution in [-0.4, -0.2) is 55.6 Å². The summed E-state index contributed by atoms with van der Waals surface area (Å²) >= 11 is 0. The SMILES string of the molecule is CN=C(NCCc1ccccn1)NCC1CCCN1C.I. The molecule has 5 nitrogen and oxygen atoms in total. The van der Waals surface area contributed by atoms with Gasteiger partial charge >= 0.3 is 0 Å². The molecule has 0 amide bonds. The van der Waals surface area contributed by atoms with Gasteiger partial charge in [-0.1, -0.05) is 6.07 Å². The van der Waals surface area contributed by atoms with Crippen LogP contribution in [0.2, 0.25) is 0 Å². The zero-order chi connectivity index (χ0) is 14.2. The number of likely N-dealkylation sites (N-methyl/N-ethyl adjacent to an activating group) is 1. The highest BCUT2D eigenvalue weighted by Crippen LogP contribution is 2.13. The molecule has 1 unspecified atom stereocenters. The minimum Gasteiger partial charge on any atom is -0.356 e. The van der Waals surface area contributed by atoms with Crippen LogP contribution in [-0.2, 0) is 6.42 Å². The Morgan fingerprint density at radius 3 is 2.90 bits per heavy atom. The molecule has 0 aromatic carbocycles. The number of guanidine groups is 1. The lowest BCUT2D eigenvalue weighted by molar-refractivity contribution is 0.309. The molecule has 0 aliphatic carbocycles. The molecule has 2 N–H and O–H groups in total. The largest absolute Gasteiger partial charge is 0.356 e. The maximum atomic E-state index is 4.31. The second kappa shape index (κ2) is 9.94. The van der Waals surface area contributed by atoms with Crippen molar-refractivity contribution in [3.8, 4) is 0 Å². The van der Waals surface area contributed by atoms with Crippen LogP contribution in [0.1, 0.15) is 18.5 Å². The molecule has 0 bridgehead atoms. The first-order valence-electron chi connectivity index (χ1n) is 7.34. The third-order valence-corrected chi connectivity index (χ3v) is 3.80. The van der Waals surface area contributed by atoms with Gasteiger partial charge in [0.1, 0.15) is 0 Å². The van der Waals surface area contributed by atoms with E-state index >= 15 is 0 Å². The van der Waals surface area contributed by atoms with E-state index < -0.39 is 0 Å². The Morgan fingerprint density at radius 1 is 1.43 bits per heavy atom. The Labute approximate surface area is 144 Å². The predicted octanol–water partition coefficient (Wildman–Crippen LogP) is 1.50. The lowest BCUT2D eigenvalue weighted by Gasteiger charge is -2.21. The molecule has 6 heteroatoms. The summed E-state index contributed by atoms with van der Waals surface area (Å²) in [4.78, 5) is 11.0. The molecule has 2 rings (SSSR count). The van der Waals surface area contributed by atoms with Gasteiger partial charge in [-0.05, 0) is 38.6 Å². The van der Waals surface area contributed by atoms with Crippen LogP contribution < -0.4 is 10.6 Å². The second-order valence-corrected chi connectivity index (χ2v) is 5.23. The van der Waals surface area contributed by atoms with Crippen LogP contribution in [0.3, 0.4) is 0 Å². The van der Waals surface area contributed by atoms with Crippen molar-refractivity contribution in [3.63, 3.8) is 0 Å². The van der Waals surface area contributed by atoms with Gasteiger partial charge in [-0.15, -0.1) is 24.0 Å². The summed E-state index contributed by atoms with van der Waals surface area (Å²) in [6, 6.07) is 6.64. The van der Waals surface area contributed by atoms with E-state index in [-0.39, 0.29) is 24.0 Å². The number of hydrogen-bond donors (Lipinski definition) is 2. The minimum atomic E-state index is 0. The average molecular weight is 403 g/mol. The van der Waals surface area contributed by atoms with Crippen molar-refractivity contribution in [1.82, 2.24) is 20.5 Å². The molecule has 1 aliphatic heterocycles. The first-order chi connectivity index (χ1) is 9.79. The zero-order valence-electron chi connectivity index (χ0n) is 12.9. The number of rotatable bonds is 5. The third-order valence-electron chi connectivity index (χ3n) is 3.80. The fraction of sp³-hybridized carbons (Fsp3) is 0.600. The standard InChI is InChI=1S/C15H25N5.HI/c1-16-15(19-12-14-7-5-11-20(14)2)18-10-8-13-6-3-4-9-17-13;/h3-4,6,9,14H,5,7-8,10-12H2,1-2H3,(H2,16,18,19);1H. The lowest BCUT2D eigenvalue weighted by atomic mass is 10.2. The Kier molecular flexibility index (Phi) is 8.60. The summed E-state index contributed by atoms with van der Waals surface area (Å²) in [6.07, 6.45) is 5.31. The van der Waals surface area contributed by atoms with E-state index in [2.05, 4.69) is 32.6 Å². The minimum absolute atomic E-state index is 0. The number of likely N-dealkylation sites (tertiary alicyclic amines) is 1. The summed E-state index contributed by atoms with van der Waals surface area (Å²) in [7, 11) is 4.01. The molecule has 1 fully saturated rings. The highest BCUT2D eigenvalue weighted by atomic mass is 127. The maximum Gasteiger partial charge on any atom is 0.191 e. The Hall–Kier alpha value is -0.890. The quantitative estimate of drug-likeness (QED) is 0.445. The first-order valence-corrected chi connectivity index (χ1v) is 7.34. The van der Waals surface area contributed by atoms with Gasteiger partial charge in [-0.3, -0.25) is 9.98 Å². The normalized spacial score (nSPS) is 19.1. The highest BCUT2D eigenvalue weighted by Gasteiger charge is 2.20. The lowest BCUT2D eigenvalue weighted by Crippen LogP contribution is -2.44. The molecule has 1 saturated heterocycles. The van der Waals surface area contributed by atoms with E-state index in [9.17, 15) is 0 Å². The van der Waals surface area contributed by atoms with Crippen molar-refractivity contribution in [2.24, 2.45) is 4.99 Å². The Balaban J connectivity index is 0.00000220. The number of nitrogens with one attached hydrogen (secondary N) is 2.